The first-order chi connectivity index (χ1) is 6.65. The van der Waals surface area contributed by atoms with Crippen LogP contribution in [0.4, 0.5) is 0 Å². The van der Waals surface area contributed by atoms with E-state index in [1.54, 1.807) is 0 Å². The normalized spacial score (nSPS) is 27.4. The molecule has 1 aliphatic carbocycles. The third-order valence-corrected chi connectivity index (χ3v) is 3.23. The third kappa shape index (κ3) is 3.83. The highest BCUT2D eigenvalue weighted by atomic mass is 14.9. The maximum atomic E-state index is 3.98. The van der Waals surface area contributed by atoms with E-state index in [9.17, 15) is 0 Å². The van der Waals surface area contributed by atoms with Crippen LogP contribution in [0.15, 0.2) is 12.2 Å². The van der Waals surface area contributed by atoms with Gasteiger partial charge in [0, 0.05) is 6.04 Å². The van der Waals surface area contributed by atoms with Crippen LogP contribution in [-0.4, -0.2) is 12.6 Å². The zero-order valence-corrected chi connectivity index (χ0v) is 9.97. The van der Waals surface area contributed by atoms with E-state index in [1.807, 2.05) is 0 Å². The molecule has 1 aliphatic rings. The molecule has 0 saturated heterocycles. The van der Waals surface area contributed by atoms with Gasteiger partial charge in [0.1, 0.15) is 0 Å². The first kappa shape index (κ1) is 11.8. The Labute approximate surface area is 89.0 Å². The van der Waals surface area contributed by atoms with E-state index in [0.29, 0.717) is 0 Å². The molecule has 3 unspecified atom stereocenters. The van der Waals surface area contributed by atoms with Gasteiger partial charge in [-0.2, -0.15) is 0 Å². The molecular formula is C13H25N. The van der Waals surface area contributed by atoms with E-state index in [0.717, 1.165) is 17.9 Å². The molecule has 1 heteroatoms. The summed E-state index contributed by atoms with van der Waals surface area (Å²) >= 11 is 0. The average molecular weight is 195 g/mol. The fourth-order valence-corrected chi connectivity index (χ4v) is 2.11. The molecule has 0 amide bonds. The fourth-order valence-electron chi connectivity index (χ4n) is 2.11. The van der Waals surface area contributed by atoms with Crippen molar-refractivity contribution in [2.24, 2.45) is 11.8 Å². The van der Waals surface area contributed by atoms with Gasteiger partial charge >= 0.3 is 0 Å². The topological polar surface area (TPSA) is 12.0 Å². The minimum Gasteiger partial charge on any atom is -0.314 e. The Balaban J connectivity index is 2.25. The maximum Gasteiger partial charge on any atom is 0.0101 e. The van der Waals surface area contributed by atoms with E-state index in [2.05, 4.69) is 32.7 Å². The minimum absolute atomic E-state index is 0.752. The Bertz CT molecular complexity index is 186. The van der Waals surface area contributed by atoms with Crippen LogP contribution in [-0.2, 0) is 0 Å². The van der Waals surface area contributed by atoms with Crippen LogP contribution < -0.4 is 5.32 Å². The van der Waals surface area contributed by atoms with Crippen molar-refractivity contribution in [3.05, 3.63) is 12.2 Å². The van der Waals surface area contributed by atoms with Crippen molar-refractivity contribution in [1.82, 2.24) is 5.32 Å². The van der Waals surface area contributed by atoms with Gasteiger partial charge in [-0.05, 0) is 51.0 Å². The van der Waals surface area contributed by atoms with Crippen molar-refractivity contribution in [2.45, 2.75) is 52.5 Å². The summed E-state index contributed by atoms with van der Waals surface area (Å²) in [5.74, 6) is 1.90. The van der Waals surface area contributed by atoms with Gasteiger partial charge in [0.25, 0.3) is 0 Å². The molecule has 0 bridgehead atoms. The van der Waals surface area contributed by atoms with Crippen molar-refractivity contribution in [2.75, 3.05) is 6.54 Å². The van der Waals surface area contributed by atoms with Crippen LogP contribution in [0.3, 0.4) is 0 Å². The quantitative estimate of drug-likeness (QED) is 0.614. The zero-order chi connectivity index (χ0) is 10.6. The molecule has 14 heavy (non-hydrogen) atoms. The molecule has 0 radical (unpaired) electrons. The summed E-state index contributed by atoms with van der Waals surface area (Å²) in [5, 5.41) is 3.68. The summed E-state index contributed by atoms with van der Waals surface area (Å²) in [5.41, 5.74) is 1.32. The Morgan fingerprint density at radius 2 is 2.21 bits per heavy atom. The largest absolute Gasteiger partial charge is 0.314 e. The molecule has 1 fully saturated rings. The molecule has 82 valence electrons. The summed E-state index contributed by atoms with van der Waals surface area (Å²) in [6, 6.07) is 0.752. The first-order valence-electron chi connectivity index (χ1n) is 6.03. The molecule has 0 spiro atoms. The van der Waals surface area contributed by atoms with E-state index < -0.39 is 0 Å². The molecule has 0 heterocycles. The van der Waals surface area contributed by atoms with Gasteiger partial charge in [0.15, 0.2) is 0 Å². The van der Waals surface area contributed by atoms with Gasteiger partial charge in [0.2, 0.25) is 0 Å². The summed E-state index contributed by atoms with van der Waals surface area (Å²) in [4.78, 5) is 0. The lowest BCUT2D eigenvalue weighted by Gasteiger charge is -2.18. The van der Waals surface area contributed by atoms with E-state index >= 15 is 0 Å². The zero-order valence-electron chi connectivity index (χ0n) is 9.97. The highest BCUT2D eigenvalue weighted by molar-refractivity contribution is 4.96. The lowest BCUT2D eigenvalue weighted by molar-refractivity contribution is 0.421. The number of hydrogen-bond acceptors (Lipinski definition) is 1. The molecule has 1 N–H and O–H groups in total. The number of allylic oxidation sites excluding steroid dienone is 1. The lowest BCUT2D eigenvalue weighted by Crippen LogP contribution is -2.32. The fraction of sp³-hybridized carbons (Fsp3) is 0.846. The second kappa shape index (κ2) is 5.55. The molecule has 0 aliphatic heterocycles. The van der Waals surface area contributed by atoms with Crippen molar-refractivity contribution < 1.29 is 0 Å². The Kier molecular flexibility index (Phi) is 4.67. The molecule has 3 atom stereocenters. The van der Waals surface area contributed by atoms with Gasteiger partial charge in [-0.1, -0.05) is 19.4 Å². The van der Waals surface area contributed by atoms with Crippen molar-refractivity contribution >= 4 is 0 Å². The van der Waals surface area contributed by atoms with Gasteiger partial charge in [0.05, 0.1) is 0 Å². The Morgan fingerprint density at radius 1 is 1.57 bits per heavy atom. The predicted octanol–water partition coefficient (Wildman–Crippen LogP) is 3.37. The van der Waals surface area contributed by atoms with Crippen LogP contribution in [0.5, 0.6) is 0 Å². The predicted molar refractivity (Wildman–Crippen MR) is 63.4 cm³/mol. The van der Waals surface area contributed by atoms with Crippen LogP contribution in [0.2, 0.25) is 0 Å². The van der Waals surface area contributed by atoms with E-state index in [4.69, 9.17) is 0 Å². The number of nitrogens with one attached hydrogen (secondary N) is 1. The molecular weight excluding hydrogens is 170 g/mol. The monoisotopic (exact) mass is 195 g/mol. The van der Waals surface area contributed by atoms with Gasteiger partial charge in [-0.25, -0.2) is 0 Å². The smallest absolute Gasteiger partial charge is 0.0101 e. The van der Waals surface area contributed by atoms with Gasteiger partial charge in [-0.15, -0.1) is 6.58 Å². The van der Waals surface area contributed by atoms with Crippen molar-refractivity contribution in [3.63, 3.8) is 0 Å². The third-order valence-electron chi connectivity index (χ3n) is 3.23. The second-order valence-corrected chi connectivity index (χ2v) is 4.93. The summed E-state index contributed by atoms with van der Waals surface area (Å²) in [6.45, 7) is 11.9. The summed E-state index contributed by atoms with van der Waals surface area (Å²) in [7, 11) is 0. The van der Waals surface area contributed by atoms with Crippen molar-refractivity contribution in [3.8, 4) is 0 Å². The molecule has 0 aromatic heterocycles. The lowest BCUT2D eigenvalue weighted by atomic mass is 10.0. The van der Waals surface area contributed by atoms with E-state index in [-0.39, 0.29) is 0 Å². The second-order valence-electron chi connectivity index (χ2n) is 4.93. The Hall–Kier alpha value is -0.300. The molecule has 1 rings (SSSR count). The Morgan fingerprint density at radius 3 is 2.64 bits per heavy atom. The highest BCUT2D eigenvalue weighted by Gasteiger charge is 2.38. The standard InChI is InChI=1S/C13H25N/c1-5-8-14-13(7-6-10(2)3)12-9-11(12)4/h11-14H,2,5-9H2,1,3-4H3. The molecule has 0 aromatic carbocycles. The van der Waals surface area contributed by atoms with Gasteiger partial charge < -0.3 is 5.32 Å². The molecule has 1 saturated carbocycles. The molecule has 0 aromatic rings. The van der Waals surface area contributed by atoms with Crippen LogP contribution in [0, 0.1) is 11.8 Å². The van der Waals surface area contributed by atoms with Crippen LogP contribution >= 0.6 is 0 Å². The maximum absolute atomic E-state index is 3.98. The first-order valence-corrected chi connectivity index (χ1v) is 6.03. The minimum atomic E-state index is 0.752. The number of rotatable bonds is 7. The van der Waals surface area contributed by atoms with Crippen LogP contribution in [0.1, 0.15) is 46.5 Å². The average Bonchev–Trinajstić information content (AvgIpc) is 2.82. The number of hydrogen-bond donors (Lipinski definition) is 1. The SMILES string of the molecule is C=C(C)CCC(NCCC)C1CC1C. The summed E-state index contributed by atoms with van der Waals surface area (Å²) < 4.78 is 0. The summed E-state index contributed by atoms with van der Waals surface area (Å²) in [6.07, 6.45) is 5.14. The van der Waals surface area contributed by atoms with Crippen molar-refractivity contribution in [1.29, 1.82) is 0 Å². The van der Waals surface area contributed by atoms with Gasteiger partial charge in [-0.3, -0.25) is 0 Å². The van der Waals surface area contributed by atoms with E-state index in [1.165, 1.54) is 37.8 Å². The molecule has 1 nitrogen and oxygen atoms in total. The highest BCUT2D eigenvalue weighted by Crippen LogP contribution is 2.42. The van der Waals surface area contributed by atoms with Crippen LogP contribution in [0.25, 0.3) is 0 Å².